The molecule has 0 aliphatic heterocycles. The van der Waals surface area contributed by atoms with E-state index in [9.17, 15) is 13.6 Å². The predicted molar refractivity (Wildman–Crippen MR) is 72.0 cm³/mol. The molecule has 0 heterocycles. The molecule has 0 saturated heterocycles. The monoisotopic (exact) mass is 286 g/mol. The largest absolute Gasteiger partial charge is 0.435 e. The van der Waals surface area contributed by atoms with Crippen molar-refractivity contribution < 1.29 is 23.0 Å². The third kappa shape index (κ3) is 5.25. The minimum atomic E-state index is -2.85. The summed E-state index contributed by atoms with van der Waals surface area (Å²) in [6.45, 7) is 1.51. The second kappa shape index (κ2) is 8.64. The molecule has 20 heavy (non-hydrogen) atoms. The molecule has 1 aromatic rings. The maximum Gasteiger partial charge on any atom is 0.387 e. The molecule has 5 heteroatoms. The molecule has 3 nitrogen and oxygen atoms in total. The van der Waals surface area contributed by atoms with Crippen molar-refractivity contribution in [1.82, 2.24) is 0 Å². The standard InChI is InChI=1S/C15H20F2O3/c1-3-5-13(18)14(19-10-4-2)11-6-8-12(9-7-11)20-15(16)17/h6-9,14-15H,3-5,10H2,1-2H3. The van der Waals surface area contributed by atoms with Gasteiger partial charge in [0.1, 0.15) is 11.9 Å². The van der Waals surface area contributed by atoms with Crippen LogP contribution in [0.25, 0.3) is 0 Å². The highest BCUT2D eigenvalue weighted by molar-refractivity contribution is 5.84. The summed E-state index contributed by atoms with van der Waals surface area (Å²) < 4.78 is 34.0. The van der Waals surface area contributed by atoms with Crippen LogP contribution in [0, 0.1) is 0 Å². The highest BCUT2D eigenvalue weighted by atomic mass is 19.3. The molecule has 1 unspecified atom stereocenters. The Hall–Kier alpha value is -1.49. The van der Waals surface area contributed by atoms with Crippen molar-refractivity contribution >= 4 is 5.78 Å². The van der Waals surface area contributed by atoms with Crippen molar-refractivity contribution in [3.63, 3.8) is 0 Å². The zero-order chi connectivity index (χ0) is 15.0. The number of alkyl halides is 2. The Labute approximate surface area is 117 Å². The first-order valence-electron chi connectivity index (χ1n) is 6.77. The van der Waals surface area contributed by atoms with Crippen molar-refractivity contribution in [2.24, 2.45) is 0 Å². The molecule has 0 fully saturated rings. The van der Waals surface area contributed by atoms with Crippen molar-refractivity contribution in [3.8, 4) is 5.75 Å². The maximum atomic E-state index is 12.1. The van der Waals surface area contributed by atoms with Crippen LogP contribution < -0.4 is 4.74 Å². The molecule has 0 radical (unpaired) electrons. The van der Waals surface area contributed by atoms with Gasteiger partial charge in [0, 0.05) is 13.0 Å². The van der Waals surface area contributed by atoms with E-state index in [0.29, 0.717) is 18.6 Å². The second-order valence-electron chi connectivity index (χ2n) is 4.41. The Morgan fingerprint density at radius 2 is 1.80 bits per heavy atom. The fraction of sp³-hybridized carbons (Fsp3) is 0.533. The van der Waals surface area contributed by atoms with Crippen LogP contribution in [0.15, 0.2) is 24.3 Å². The Morgan fingerprint density at radius 3 is 2.30 bits per heavy atom. The van der Waals surface area contributed by atoms with Gasteiger partial charge in [-0.2, -0.15) is 8.78 Å². The zero-order valence-electron chi connectivity index (χ0n) is 11.8. The van der Waals surface area contributed by atoms with Gasteiger partial charge in [-0.25, -0.2) is 0 Å². The van der Waals surface area contributed by atoms with E-state index in [4.69, 9.17) is 4.74 Å². The molecule has 112 valence electrons. The van der Waals surface area contributed by atoms with Gasteiger partial charge in [0.05, 0.1) is 0 Å². The lowest BCUT2D eigenvalue weighted by atomic mass is 10.0. The fourth-order valence-electron chi connectivity index (χ4n) is 1.81. The van der Waals surface area contributed by atoms with Crippen molar-refractivity contribution in [2.75, 3.05) is 6.61 Å². The van der Waals surface area contributed by atoms with Crippen LogP contribution in [0.3, 0.4) is 0 Å². The highest BCUT2D eigenvalue weighted by Gasteiger charge is 2.20. The lowest BCUT2D eigenvalue weighted by Crippen LogP contribution is -2.16. The first-order chi connectivity index (χ1) is 9.58. The SMILES string of the molecule is CCCOC(C(=O)CCC)c1ccc(OC(F)F)cc1. The third-order valence-electron chi connectivity index (χ3n) is 2.69. The normalized spacial score (nSPS) is 12.4. The van der Waals surface area contributed by atoms with E-state index >= 15 is 0 Å². The third-order valence-corrected chi connectivity index (χ3v) is 2.69. The van der Waals surface area contributed by atoms with Crippen LogP contribution in [-0.4, -0.2) is 19.0 Å². The van der Waals surface area contributed by atoms with Gasteiger partial charge in [0.15, 0.2) is 5.78 Å². The predicted octanol–water partition coefficient (Wildman–Crippen LogP) is 4.12. The molecule has 0 aliphatic rings. The molecule has 0 N–H and O–H groups in total. The van der Waals surface area contributed by atoms with Crippen molar-refractivity contribution in [2.45, 2.75) is 45.8 Å². The van der Waals surface area contributed by atoms with E-state index in [-0.39, 0.29) is 11.5 Å². The molecule has 1 rings (SSSR count). The number of carbonyl (C=O) groups is 1. The number of benzene rings is 1. The van der Waals surface area contributed by atoms with Crippen LogP contribution in [0.2, 0.25) is 0 Å². The van der Waals surface area contributed by atoms with Gasteiger partial charge in [-0.1, -0.05) is 26.0 Å². The summed E-state index contributed by atoms with van der Waals surface area (Å²) in [4.78, 5) is 12.0. The van der Waals surface area contributed by atoms with Crippen molar-refractivity contribution in [3.05, 3.63) is 29.8 Å². The van der Waals surface area contributed by atoms with Crippen LogP contribution in [-0.2, 0) is 9.53 Å². The van der Waals surface area contributed by atoms with Gasteiger partial charge in [-0.15, -0.1) is 0 Å². The van der Waals surface area contributed by atoms with E-state index < -0.39 is 12.7 Å². The van der Waals surface area contributed by atoms with Crippen LogP contribution in [0.1, 0.15) is 44.8 Å². The molecule has 0 saturated carbocycles. The van der Waals surface area contributed by atoms with E-state index in [0.717, 1.165) is 12.8 Å². The van der Waals surface area contributed by atoms with Gasteiger partial charge >= 0.3 is 6.61 Å². The Morgan fingerprint density at radius 1 is 1.15 bits per heavy atom. The molecule has 1 aromatic carbocycles. The number of ether oxygens (including phenoxy) is 2. The summed E-state index contributed by atoms with van der Waals surface area (Å²) in [5, 5.41) is 0. The maximum absolute atomic E-state index is 12.1. The number of halogens is 2. The van der Waals surface area contributed by atoms with Crippen LogP contribution >= 0.6 is 0 Å². The topological polar surface area (TPSA) is 35.5 Å². The summed E-state index contributed by atoms with van der Waals surface area (Å²) in [5.74, 6) is 0.0735. The summed E-state index contributed by atoms with van der Waals surface area (Å²) in [6.07, 6.45) is 1.36. The van der Waals surface area contributed by atoms with Crippen molar-refractivity contribution in [1.29, 1.82) is 0 Å². The van der Waals surface area contributed by atoms with E-state index in [1.165, 1.54) is 12.1 Å². The molecule has 0 spiro atoms. The van der Waals surface area contributed by atoms with E-state index in [1.54, 1.807) is 12.1 Å². The molecule has 0 aromatic heterocycles. The first-order valence-corrected chi connectivity index (χ1v) is 6.77. The Kier molecular flexibility index (Phi) is 7.15. The number of Topliss-reactive ketones (excluding diaryl/α,β-unsaturated/α-hetero) is 1. The Balaban J connectivity index is 2.81. The number of hydrogen-bond acceptors (Lipinski definition) is 3. The quantitative estimate of drug-likeness (QED) is 0.685. The zero-order valence-corrected chi connectivity index (χ0v) is 11.8. The average molecular weight is 286 g/mol. The molecule has 0 aliphatic carbocycles. The average Bonchev–Trinajstić information content (AvgIpc) is 2.40. The van der Waals surface area contributed by atoms with E-state index in [2.05, 4.69) is 4.74 Å². The smallest absolute Gasteiger partial charge is 0.387 e. The lowest BCUT2D eigenvalue weighted by Gasteiger charge is -2.17. The Bertz CT molecular complexity index is 404. The minimum absolute atomic E-state index is 0.00322. The van der Waals surface area contributed by atoms with Gasteiger partial charge in [-0.05, 0) is 30.5 Å². The van der Waals surface area contributed by atoms with Crippen LogP contribution in [0.5, 0.6) is 5.75 Å². The number of ketones is 1. The summed E-state index contributed by atoms with van der Waals surface area (Å²) in [7, 11) is 0. The number of carbonyl (C=O) groups excluding carboxylic acids is 1. The first kappa shape index (κ1) is 16.6. The minimum Gasteiger partial charge on any atom is -0.435 e. The van der Waals surface area contributed by atoms with Crippen LogP contribution in [0.4, 0.5) is 8.78 Å². The van der Waals surface area contributed by atoms with Gasteiger partial charge in [0.2, 0.25) is 0 Å². The summed E-state index contributed by atoms with van der Waals surface area (Å²) in [6, 6.07) is 6.02. The molecule has 1 atom stereocenters. The molecular weight excluding hydrogens is 266 g/mol. The highest BCUT2D eigenvalue weighted by Crippen LogP contribution is 2.24. The van der Waals surface area contributed by atoms with Gasteiger partial charge in [0.25, 0.3) is 0 Å². The van der Waals surface area contributed by atoms with Gasteiger partial charge in [-0.3, -0.25) is 4.79 Å². The second-order valence-corrected chi connectivity index (χ2v) is 4.41. The molecule has 0 bridgehead atoms. The summed E-state index contributed by atoms with van der Waals surface area (Å²) >= 11 is 0. The molecule has 0 amide bonds. The molecular formula is C15H20F2O3. The number of rotatable bonds is 9. The van der Waals surface area contributed by atoms with Gasteiger partial charge < -0.3 is 9.47 Å². The number of hydrogen-bond donors (Lipinski definition) is 0. The van der Waals surface area contributed by atoms with E-state index in [1.807, 2.05) is 13.8 Å². The lowest BCUT2D eigenvalue weighted by molar-refractivity contribution is -0.131. The fourth-order valence-corrected chi connectivity index (χ4v) is 1.81. The summed E-state index contributed by atoms with van der Waals surface area (Å²) in [5.41, 5.74) is 0.665.